The van der Waals surface area contributed by atoms with Crippen molar-refractivity contribution in [3.05, 3.63) is 78.9 Å². The summed E-state index contributed by atoms with van der Waals surface area (Å²) in [6.07, 6.45) is 0. The van der Waals surface area contributed by atoms with Gasteiger partial charge in [0, 0.05) is 0 Å². The highest BCUT2D eigenvalue weighted by atomic mass is 31.2. The molecule has 3 aromatic carbocycles. The summed E-state index contributed by atoms with van der Waals surface area (Å²) in [6, 6.07) is 20.4. The van der Waals surface area contributed by atoms with Crippen molar-refractivity contribution in [2.75, 3.05) is 0 Å². The number of rotatable bonds is 7. The Morgan fingerprint density at radius 3 is 1.71 bits per heavy atom. The standard InChI is InChI=1S/C18H16O8P2/c19-27(20,21)25-16-12-7-13-17(18(16)14-8-3-1-4-9-14)26-28(22,23)24-15-10-5-2-6-11-15/h1-13H,(H,22,23)(H2,19,20,21). The third-order valence-corrected chi connectivity index (χ3v) is 4.75. The Labute approximate surface area is 160 Å². The first-order chi connectivity index (χ1) is 13.2. The van der Waals surface area contributed by atoms with E-state index in [4.69, 9.17) is 13.6 Å². The molecular formula is C18H16O8P2. The molecule has 0 aromatic heterocycles. The summed E-state index contributed by atoms with van der Waals surface area (Å²) < 4.78 is 38.7. The van der Waals surface area contributed by atoms with Crippen LogP contribution in [0.25, 0.3) is 11.1 Å². The average Bonchev–Trinajstić information content (AvgIpc) is 2.61. The summed E-state index contributed by atoms with van der Waals surface area (Å²) in [5.41, 5.74) is 0.554. The molecule has 8 nitrogen and oxygen atoms in total. The van der Waals surface area contributed by atoms with E-state index in [9.17, 15) is 23.8 Å². The minimum atomic E-state index is -4.88. The fourth-order valence-electron chi connectivity index (χ4n) is 2.44. The van der Waals surface area contributed by atoms with Crippen LogP contribution in [0.5, 0.6) is 17.2 Å². The topological polar surface area (TPSA) is 123 Å². The molecule has 0 fully saturated rings. The first-order valence-corrected chi connectivity index (χ1v) is 11.0. The van der Waals surface area contributed by atoms with E-state index in [1.54, 1.807) is 48.5 Å². The van der Waals surface area contributed by atoms with Crippen LogP contribution in [0.15, 0.2) is 78.9 Å². The van der Waals surface area contributed by atoms with E-state index in [1.165, 1.54) is 30.3 Å². The highest BCUT2D eigenvalue weighted by Crippen LogP contribution is 2.51. The molecular weight excluding hydrogens is 406 g/mol. The molecule has 3 rings (SSSR count). The van der Waals surface area contributed by atoms with E-state index in [0.29, 0.717) is 5.56 Å². The zero-order chi connectivity index (χ0) is 20.2. The molecule has 0 saturated carbocycles. The molecule has 28 heavy (non-hydrogen) atoms. The zero-order valence-corrected chi connectivity index (χ0v) is 16.1. The maximum absolute atomic E-state index is 12.4. The lowest BCUT2D eigenvalue weighted by Crippen LogP contribution is -2.02. The Hall–Kier alpha value is -2.60. The molecule has 146 valence electrons. The Kier molecular flexibility index (Phi) is 5.89. The monoisotopic (exact) mass is 422 g/mol. The zero-order valence-electron chi connectivity index (χ0n) is 14.3. The van der Waals surface area contributed by atoms with E-state index in [0.717, 1.165) is 0 Å². The molecule has 0 bridgehead atoms. The second kappa shape index (κ2) is 8.19. The van der Waals surface area contributed by atoms with E-state index in [2.05, 4.69) is 0 Å². The van der Waals surface area contributed by atoms with Crippen LogP contribution in [0.1, 0.15) is 0 Å². The first kappa shape index (κ1) is 20.1. The van der Waals surface area contributed by atoms with Crippen LogP contribution in [0.3, 0.4) is 0 Å². The SMILES string of the molecule is O=P(O)(O)Oc1cccc(OP(=O)(O)Oc2ccccc2)c1-c1ccccc1. The van der Waals surface area contributed by atoms with Crippen LogP contribution in [-0.2, 0) is 9.13 Å². The van der Waals surface area contributed by atoms with Gasteiger partial charge in [-0.15, -0.1) is 0 Å². The summed E-state index contributed by atoms with van der Waals surface area (Å²) >= 11 is 0. The highest BCUT2D eigenvalue weighted by Gasteiger charge is 2.29. The van der Waals surface area contributed by atoms with Gasteiger partial charge in [-0.05, 0) is 29.8 Å². The van der Waals surface area contributed by atoms with Gasteiger partial charge in [-0.1, -0.05) is 54.6 Å². The van der Waals surface area contributed by atoms with E-state index >= 15 is 0 Å². The van der Waals surface area contributed by atoms with Crippen LogP contribution in [0.2, 0.25) is 0 Å². The molecule has 10 heteroatoms. The van der Waals surface area contributed by atoms with Crippen LogP contribution in [0, 0.1) is 0 Å². The van der Waals surface area contributed by atoms with Gasteiger partial charge in [-0.25, -0.2) is 9.13 Å². The van der Waals surface area contributed by atoms with E-state index < -0.39 is 15.6 Å². The highest BCUT2D eigenvalue weighted by molar-refractivity contribution is 7.48. The van der Waals surface area contributed by atoms with Gasteiger partial charge in [-0.2, -0.15) is 0 Å². The van der Waals surface area contributed by atoms with Gasteiger partial charge >= 0.3 is 15.6 Å². The van der Waals surface area contributed by atoms with Crippen molar-refractivity contribution < 1.29 is 37.4 Å². The Balaban J connectivity index is 2.01. The van der Waals surface area contributed by atoms with Crippen LogP contribution < -0.4 is 13.6 Å². The van der Waals surface area contributed by atoms with Gasteiger partial charge in [-0.3, -0.25) is 14.7 Å². The molecule has 0 saturated heterocycles. The van der Waals surface area contributed by atoms with Gasteiger partial charge < -0.3 is 13.6 Å². The molecule has 0 aliphatic rings. The average molecular weight is 422 g/mol. The number of phosphoric ester groups is 2. The lowest BCUT2D eigenvalue weighted by molar-refractivity contribution is 0.283. The summed E-state index contributed by atoms with van der Waals surface area (Å²) in [6.45, 7) is 0. The molecule has 0 aliphatic heterocycles. The van der Waals surface area contributed by atoms with Gasteiger partial charge in [0.05, 0.1) is 5.56 Å². The number of hydrogen-bond acceptors (Lipinski definition) is 5. The molecule has 1 unspecified atom stereocenters. The Bertz CT molecular complexity index is 1030. The van der Waals surface area contributed by atoms with Crippen molar-refractivity contribution in [2.45, 2.75) is 0 Å². The molecule has 3 N–H and O–H groups in total. The number of phosphoric acid groups is 2. The van der Waals surface area contributed by atoms with Crippen molar-refractivity contribution >= 4 is 15.6 Å². The second-order valence-corrected chi connectivity index (χ2v) is 8.01. The predicted octanol–water partition coefficient (Wildman–Crippen LogP) is 4.38. The largest absolute Gasteiger partial charge is 0.584 e. The van der Waals surface area contributed by atoms with Crippen LogP contribution in [-0.4, -0.2) is 14.7 Å². The number of hydrogen-bond donors (Lipinski definition) is 3. The number of benzene rings is 3. The predicted molar refractivity (Wildman–Crippen MR) is 102 cm³/mol. The molecule has 0 heterocycles. The van der Waals surface area contributed by atoms with Crippen LogP contribution in [0.4, 0.5) is 0 Å². The summed E-state index contributed by atoms with van der Waals surface area (Å²) in [7, 11) is -9.48. The second-order valence-electron chi connectivity index (χ2n) is 5.54. The van der Waals surface area contributed by atoms with Crippen molar-refractivity contribution in [3.8, 4) is 28.4 Å². The van der Waals surface area contributed by atoms with Crippen molar-refractivity contribution in [1.82, 2.24) is 0 Å². The fourth-order valence-corrected chi connectivity index (χ4v) is 3.67. The number of para-hydroxylation sites is 1. The maximum Gasteiger partial charge on any atom is 0.584 e. The van der Waals surface area contributed by atoms with E-state index in [-0.39, 0.29) is 22.8 Å². The molecule has 0 aliphatic carbocycles. The normalized spacial score (nSPS) is 13.4. The van der Waals surface area contributed by atoms with Crippen molar-refractivity contribution in [2.24, 2.45) is 0 Å². The minimum Gasteiger partial charge on any atom is -0.403 e. The Morgan fingerprint density at radius 2 is 1.14 bits per heavy atom. The smallest absolute Gasteiger partial charge is 0.403 e. The third-order valence-electron chi connectivity index (χ3n) is 3.45. The quantitative estimate of drug-likeness (QED) is 0.480. The molecule has 0 radical (unpaired) electrons. The third kappa shape index (κ3) is 5.45. The first-order valence-electron chi connectivity index (χ1n) is 7.94. The molecule has 0 amide bonds. The van der Waals surface area contributed by atoms with Crippen molar-refractivity contribution in [1.29, 1.82) is 0 Å². The van der Waals surface area contributed by atoms with E-state index in [1.807, 2.05) is 0 Å². The summed E-state index contributed by atoms with van der Waals surface area (Å²) in [5.74, 6) is -0.229. The maximum atomic E-state index is 12.4. The van der Waals surface area contributed by atoms with Crippen LogP contribution >= 0.6 is 15.6 Å². The minimum absolute atomic E-state index is 0.0948. The molecule has 3 aromatic rings. The van der Waals surface area contributed by atoms with Crippen molar-refractivity contribution in [3.63, 3.8) is 0 Å². The van der Waals surface area contributed by atoms with Gasteiger partial charge in [0.25, 0.3) is 0 Å². The molecule has 1 atom stereocenters. The molecule has 0 spiro atoms. The fraction of sp³-hybridized carbons (Fsp3) is 0. The lowest BCUT2D eigenvalue weighted by Gasteiger charge is -2.19. The summed E-state index contributed by atoms with van der Waals surface area (Å²) in [4.78, 5) is 28.5. The summed E-state index contributed by atoms with van der Waals surface area (Å²) in [5, 5.41) is 0. The van der Waals surface area contributed by atoms with Gasteiger partial charge in [0.15, 0.2) is 0 Å². The van der Waals surface area contributed by atoms with Gasteiger partial charge in [0.1, 0.15) is 17.2 Å². The lowest BCUT2D eigenvalue weighted by atomic mass is 10.0. The Morgan fingerprint density at radius 1 is 0.607 bits per heavy atom. The van der Waals surface area contributed by atoms with Gasteiger partial charge in [0.2, 0.25) is 0 Å².